The van der Waals surface area contributed by atoms with Crippen LogP contribution in [0.3, 0.4) is 0 Å². The van der Waals surface area contributed by atoms with Gasteiger partial charge in [0.25, 0.3) is 5.56 Å². The molecule has 1 heterocycles. The molecule has 0 fully saturated rings. The third-order valence-electron chi connectivity index (χ3n) is 2.81. The summed E-state index contributed by atoms with van der Waals surface area (Å²) in [4.78, 5) is 36.1. The summed E-state index contributed by atoms with van der Waals surface area (Å²) in [6.45, 7) is 8.72. The molecule has 0 aliphatic carbocycles. The highest BCUT2D eigenvalue weighted by molar-refractivity contribution is 5.84. The molecule has 0 aromatic carbocycles. The van der Waals surface area contributed by atoms with Crippen molar-refractivity contribution in [3.8, 4) is 0 Å². The van der Waals surface area contributed by atoms with Gasteiger partial charge in [-0.25, -0.2) is 9.59 Å². The van der Waals surface area contributed by atoms with Gasteiger partial charge in [0.2, 0.25) is 0 Å². The van der Waals surface area contributed by atoms with Gasteiger partial charge in [0.1, 0.15) is 17.3 Å². The third-order valence-corrected chi connectivity index (χ3v) is 2.81. The van der Waals surface area contributed by atoms with Crippen LogP contribution in [0.25, 0.3) is 0 Å². The summed E-state index contributed by atoms with van der Waals surface area (Å²) in [7, 11) is 1.24. The lowest BCUT2D eigenvalue weighted by molar-refractivity contribution is -0.144. The fourth-order valence-corrected chi connectivity index (χ4v) is 1.88. The van der Waals surface area contributed by atoms with Crippen molar-refractivity contribution in [3.63, 3.8) is 0 Å². The van der Waals surface area contributed by atoms with Crippen LogP contribution in [0.2, 0.25) is 0 Å². The Kier molecular flexibility index (Phi) is 6.12. The second kappa shape index (κ2) is 7.62. The van der Waals surface area contributed by atoms with Crippen molar-refractivity contribution in [1.29, 1.82) is 0 Å². The lowest BCUT2D eigenvalue weighted by Gasteiger charge is -2.20. The number of carbonyl (C=O) groups excluding carboxylic acids is 2. The maximum absolute atomic E-state index is 12.5. The zero-order valence-corrected chi connectivity index (χ0v) is 13.8. The Morgan fingerprint density at radius 2 is 2.09 bits per heavy atom. The summed E-state index contributed by atoms with van der Waals surface area (Å²) in [5.74, 6) is -0.568. The molecule has 126 valence electrons. The average Bonchev–Trinajstić information content (AvgIpc) is 2.44. The van der Waals surface area contributed by atoms with Gasteiger partial charge < -0.3 is 9.47 Å². The Balaban J connectivity index is 3.10. The minimum atomic E-state index is -0.842. The van der Waals surface area contributed by atoms with E-state index in [9.17, 15) is 14.4 Å². The first kappa shape index (κ1) is 18.5. The second-order valence-electron chi connectivity index (χ2n) is 5.82. The van der Waals surface area contributed by atoms with Gasteiger partial charge in [0.05, 0.1) is 7.11 Å². The molecule has 1 rings (SSSR count). The number of esters is 1. The topological polar surface area (TPSA) is 86.6 Å². The predicted octanol–water partition coefficient (Wildman–Crippen LogP) is 2.49. The van der Waals surface area contributed by atoms with Gasteiger partial charge >= 0.3 is 12.1 Å². The van der Waals surface area contributed by atoms with Gasteiger partial charge in [-0.15, -0.1) is 6.58 Å². The molecule has 1 amide bonds. The number of hydrogen-bond acceptors (Lipinski definition) is 5. The number of pyridine rings is 1. The molecule has 7 nitrogen and oxygen atoms in total. The SMILES string of the molecule is C=CC[C@@H](C(=O)OC)n1cccc(NC(=O)OC(C)(C)C)c1=O. The van der Waals surface area contributed by atoms with Crippen molar-refractivity contribution < 1.29 is 19.1 Å². The lowest BCUT2D eigenvalue weighted by atomic mass is 10.2. The maximum Gasteiger partial charge on any atom is 0.412 e. The van der Waals surface area contributed by atoms with Crippen molar-refractivity contribution >= 4 is 17.7 Å². The zero-order valence-electron chi connectivity index (χ0n) is 13.8. The van der Waals surface area contributed by atoms with Crippen LogP contribution >= 0.6 is 0 Å². The standard InChI is InChI=1S/C16H22N2O5/c1-6-8-12(14(20)22-5)18-10-7-9-11(13(18)19)17-15(21)23-16(2,3)4/h6-7,9-10,12H,1,8H2,2-5H3,(H,17,21)/t12-/m0/s1. The molecule has 1 atom stereocenters. The summed E-state index contributed by atoms with van der Waals surface area (Å²) in [5, 5.41) is 2.39. The highest BCUT2D eigenvalue weighted by Crippen LogP contribution is 2.14. The number of aromatic nitrogens is 1. The molecule has 0 unspecified atom stereocenters. The fraction of sp³-hybridized carbons (Fsp3) is 0.438. The zero-order chi connectivity index (χ0) is 17.6. The van der Waals surface area contributed by atoms with Crippen LogP contribution in [0.5, 0.6) is 0 Å². The number of amides is 1. The predicted molar refractivity (Wildman–Crippen MR) is 86.4 cm³/mol. The number of hydrogen-bond donors (Lipinski definition) is 1. The molecule has 23 heavy (non-hydrogen) atoms. The van der Waals surface area contributed by atoms with Crippen molar-refractivity contribution in [2.45, 2.75) is 38.8 Å². The van der Waals surface area contributed by atoms with Gasteiger partial charge in [0.15, 0.2) is 0 Å². The number of methoxy groups -OCH3 is 1. The quantitative estimate of drug-likeness (QED) is 0.665. The van der Waals surface area contributed by atoms with E-state index in [1.54, 1.807) is 26.8 Å². The van der Waals surface area contributed by atoms with Crippen LogP contribution in [0, 0.1) is 0 Å². The number of anilines is 1. The van der Waals surface area contributed by atoms with Gasteiger partial charge in [0, 0.05) is 6.20 Å². The number of ether oxygens (including phenoxy) is 2. The van der Waals surface area contributed by atoms with Crippen molar-refractivity contribution in [3.05, 3.63) is 41.3 Å². The van der Waals surface area contributed by atoms with E-state index >= 15 is 0 Å². The number of nitrogens with one attached hydrogen (secondary N) is 1. The molecular weight excluding hydrogens is 300 g/mol. The smallest absolute Gasteiger partial charge is 0.412 e. The average molecular weight is 322 g/mol. The maximum atomic E-state index is 12.5. The summed E-state index contributed by atoms with van der Waals surface area (Å²) in [6.07, 6.45) is 2.45. The van der Waals surface area contributed by atoms with E-state index in [-0.39, 0.29) is 12.1 Å². The van der Waals surface area contributed by atoms with Gasteiger partial charge in [-0.3, -0.25) is 14.7 Å². The van der Waals surface area contributed by atoms with Gasteiger partial charge in [-0.2, -0.15) is 0 Å². The first-order chi connectivity index (χ1) is 10.7. The van der Waals surface area contributed by atoms with Crippen LogP contribution < -0.4 is 10.9 Å². The third kappa shape index (κ3) is 5.28. The van der Waals surface area contributed by atoms with E-state index in [1.807, 2.05) is 0 Å². The van der Waals surface area contributed by atoms with Crippen LogP contribution in [0.15, 0.2) is 35.8 Å². The normalized spacial score (nSPS) is 12.2. The molecule has 7 heteroatoms. The van der Waals surface area contributed by atoms with E-state index in [1.165, 1.54) is 30.0 Å². The van der Waals surface area contributed by atoms with Gasteiger partial charge in [-0.1, -0.05) is 6.08 Å². The molecule has 0 saturated carbocycles. The summed E-state index contributed by atoms with van der Waals surface area (Å²) >= 11 is 0. The van der Waals surface area contributed by atoms with Crippen LogP contribution in [-0.4, -0.2) is 29.3 Å². The lowest BCUT2D eigenvalue weighted by Crippen LogP contribution is -2.34. The molecule has 0 aliphatic rings. The Morgan fingerprint density at radius 3 is 2.61 bits per heavy atom. The Labute approximate surface area is 134 Å². The first-order valence-electron chi connectivity index (χ1n) is 7.09. The van der Waals surface area contributed by atoms with E-state index in [4.69, 9.17) is 9.47 Å². The molecule has 0 bridgehead atoms. The minimum absolute atomic E-state index is 0.0136. The number of allylic oxidation sites excluding steroid dienone is 1. The van der Waals surface area contributed by atoms with Crippen molar-refractivity contribution in [2.24, 2.45) is 0 Å². The Bertz CT molecular complexity index is 643. The summed E-state index contributed by atoms with van der Waals surface area (Å²) in [6, 6.07) is 2.14. The summed E-state index contributed by atoms with van der Waals surface area (Å²) < 4.78 is 11.0. The number of nitrogens with zero attached hydrogens (tertiary/aromatic N) is 1. The molecule has 1 aromatic rings. The molecule has 0 saturated heterocycles. The van der Waals surface area contributed by atoms with Gasteiger partial charge in [-0.05, 0) is 39.3 Å². The van der Waals surface area contributed by atoms with E-state index in [0.29, 0.717) is 0 Å². The van der Waals surface area contributed by atoms with Crippen molar-refractivity contribution in [1.82, 2.24) is 4.57 Å². The molecule has 1 N–H and O–H groups in total. The van der Waals surface area contributed by atoms with E-state index in [2.05, 4.69) is 11.9 Å². The largest absolute Gasteiger partial charge is 0.467 e. The molecule has 1 aromatic heterocycles. The first-order valence-corrected chi connectivity index (χ1v) is 7.09. The molecule has 0 radical (unpaired) electrons. The second-order valence-corrected chi connectivity index (χ2v) is 5.82. The summed E-state index contributed by atoms with van der Waals surface area (Å²) in [5.41, 5.74) is -1.20. The molecule has 0 spiro atoms. The highest BCUT2D eigenvalue weighted by atomic mass is 16.6. The Morgan fingerprint density at radius 1 is 1.43 bits per heavy atom. The minimum Gasteiger partial charge on any atom is -0.467 e. The fourth-order valence-electron chi connectivity index (χ4n) is 1.88. The number of carbonyl (C=O) groups is 2. The highest BCUT2D eigenvalue weighted by Gasteiger charge is 2.23. The van der Waals surface area contributed by atoms with Crippen LogP contribution in [0.4, 0.5) is 10.5 Å². The van der Waals surface area contributed by atoms with E-state index < -0.39 is 29.3 Å². The van der Waals surface area contributed by atoms with Crippen molar-refractivity contribution in [2.75, 3.05) is 12.4 Å². The monoisotopic (exact) mass is 322 g/mol. The molecular formula is C16H22N2O5. The van der Waals surface area contributed by atoms with Crippen LogP contribution in [-0.2, 0) is 14.3 Å². The van der Waals surface area contributed by atoms with Crippen LogP contribution in [0.1, 0.15) is 33.2 Å². The Hall–Kier alpha value is -2.57. The molecule has 0 aliphatic heterocycles. The van der Waals surface area contributed by atoms with E-state index in [0.717, 1.165) is 0 Å². The number of rotatable bonds is 5.